The predicted octanol–water partition coefficient (Wildman–Crippen LogP) is 4.37. The molecule has 0 aliphatic carbocycles. The Hall–Kier alpha value is -1.87. The summed E-state index contributed by atoms with van der Waals surface area (Å²) in [7, 11) is 1.41. The molecule has 0 radical (unpaired) electrons. The van der Waals surface area contributed by atoms with E-state index in [2.05, 4.69) is 4.98 Å². The molecule has 0 aliphatic heterocycles. The molecule has 0 aliphatic rings. The minimum absolute atomic E-state index is 0.162. The number of aromatic nitrogens is 1. The normalized spacial score (nSPS) is 12.8. The van der Waals surface area contributed by atoms with E-state index in [1.165, 1.54) is 12.7 Å². The second kappa shape index (κ2) is 6.49. The maximum Gasteiger partial charge on any atom is 0.312 e. The van der Waals surface area contributed by atoms with Crippen molar-refractivity contribution in [2.24, 2.45) is 5.41 Å². The van der Waals surface area contributed by atoms with Crippen LogP contribution in [0.5, 0.6) is 0 Å². The van der Waals surface area contributed by atoms with E-state index >= 15 is 0 Å². The van der Waals surface area contributed by atoms with E-state index in [0.717, 1.165) is 11.1 Å². The van der Waals surface area contributed by atoms with E-state index in [1.807, 2.05) is 51.1 Å². The van der Waals surface area contributed by atoms with Crippen molar-refractivity contribution >= 4 is 17.6 Å². The van der Waals surface area contributed by atoms with Gasteiger partial charge in [0, 0.05) is 12.1 Å². The van der Waals surface area contributed by atoms with Gasteiger partial charge in [0.1, 0.15) is 5.15 Å². The first kappa shape index (κ1) is 16.5. The Bertz CT molecular complexity index is 602. The van der Waals surface area contributed by atoms with Gasteiger partial charge in [-0.15, -0.1) is 0 Å². The fourth-order valence-electron chi connectivity index (χ4n) is 2.72. The van der Waals surface area contributed by atoms with Crippen molar-refractivity contribution in [1.29, 1.82) is 0 Å². The van der Waals surface area contributed by atoms with Gasteiger partial charge in [-0.2, -0.15) is 0 Å². The monoisotopic (exact) mass is 317 g/mol. The summed E-state index contributed by atoms with van der Waals surface area (Å²) in [6.45, 7) is 5.81. The highest BCUT2D eigenvalue weighted by molar-refractivity contribution is 6.29. The van der Waals surface area contributed by atoms with Gasteiger partial charge in [-0.25, -0.2) is 4.98 Å². The summed E-state index contributed by atoms with van der Waals surface area (Å²) in [5.41, 5.74) is 2.43. The maximum absolute atomic E-state index is 12.3. The van der Waals surface area contributed by atoms with Gasteiger partial charge in [-0.1, -0.05) is 47.5 Å². The van der Waals surface area contributed by atoms with Crippen LogP contribution in [0.1, 0.15) is 36.5 Å². The van der Waals surface area contributed by atoms with Crippen LogP contribution in [0.15, 0.2) is 42.6 Å². The summed E-state index contributed by atoms with van der Waals surface area (Å²) in [6.07, 6.45) is 1.72. The molecule has 1 aromatic heterocycles. The third-order valence-corrected chi connectivity index (χ3v) is 4.15. The Balaban J connectivity index is 2.56. The zero-order valence-corrected chi connectivity index (χ0v) is 14.0. The molecule has 0 N–H and O–H groups in total. The lowest BCUT2D eigenvalue weighted by atomic mass is 9.71. The number of rotatable bonds is 4. The quantitative estimate of drug-likeness (QED) is 0.620. The molecule has 0 amide bonds. The van der Waals surface area contributed by atoms with Crippen molar-refractivity contribution in [3.63, 3.8) is 0 Å². The van der Waals surface area contributed by atoms with Crippen molar-refractivity contribution in [1.82, 2.24) is 4.98 Å². The highest BCUT2D eigenvalue weighted by atomic mass is 35.5. The number of hydrogen-bond donors (Lipinski definition) is 0. The second-order valence-corrected chi connectivity index (χ2v) is 6.36. The second-order valence-electron chi connectivity index (χ2n) is 5.97. The highest BCUT2D eigenvalue weighted by Gasteiger charge is 2.40. The fourth-order valence-corrected chi connectivity index (χ4v) is 2.84. The van der Waals surface area contributed by atoms with Crippen LogP contribution in [0.25, 0.3) is 0 Å². The smallest absolute Gasteiger partial charge is 0.312 e. The molecule has 22 heavy (non-hydrogen) atoms. The largest absolute Gasteiger partial charge is 0.469 e. The Labute approximate surface area is 136 Å². The van der Waals surface area contributed by atoms with E-state index in [4.69, 9.17) is 16.3 Å². The number of pyridine rings is 1. The molecule has 0 saturated heterocycles. The van der Waals surface area contributed by atoms with Crippen molar-refractivity contribution in [2.75, 3.05) is 7.11 Å². The number of esters is 1. The minimum atomic E-state index is -0.723. The number of methoxy groups -OCH3 is 1. The first-order valence-corrected chi connectivity index (χ1v) is 7.50. The number of halogens is 1. The molecular weight excluding hydrogens is 298 g/mol. The van der Waals surface area contributed by atoms with Gasteiger partial charge in [0.05, 0.1) is 12.5 Å². The van der Waals surface area contributed by atoms with Crippen molar-refractivity contribution < 1.29 is 9.53 Å². The van der Waals surface area contributed by atoms with Gasteiger partial charge in [0.2, 0.25) is 0 Å². The first-order chi connectivity index (χ1) is 10.4. The van der Waals surface area contributed by atoms with Gasteiger partial charge in [-0.3, -0.25) is 4.79 Å². The number of benzene rings is 1. The van der Waals surface area contributed by atoms with E-state index in [9.17, 15) is 4.79 Å². The Morgan fingerprint density at radius 2 is 1.73 bits per heavy atom. The molecule has 3 nitrogen and oxygen atoms in total. The lowest BCUT2D eigenvalue weighted by Crippen LogP contribution is -2.33. The molecule has 116 valence electrons. The first-order valence-electron chi connectivity index (χ1n) is 7.12. The van der Waals surface area contributed by atoms with Crippen LogP contribution in [0.3, 0.4) is 0 Å². The molecule has 0 saturated carbocycles. The summed E-state index contributed by atoms with van der Waals surface area (Å²) in [5, 5.41) is 0.433. The van der Waals surface area contributed by atoms with Gasteiger partial charge in [0.25, 0.3) is 0 Å². The minimum Gasteiger partial charge on any atom is -0.469 e. The molecular formula is C18H20ClNO2. The molecule has 1 unspecified atom stereocenters. The molecule has 1 heterocycles. The highest BCUT2D eigenvalue weighted by Crippen LogP contribution is 2.41. The zero-order valence-electron chi connectivity index (χ0n) is 13.3. The lowest BCUT2D eigenvalue weighted by molar-refractivity contribution is -0.151. The summed E-state index contributed by atoms with van der Waals surface area (Å²) >= 11 is 5.88. The van der Waals surface area contributed by atoms with Crippen LogP contribution in [-0.4, -0.2) is 18.1 Å². The van der Waals surface area contributed by atoms with E-state index in [0.29, 0.717) is 5.15 Å². The molecule has 0 spiro atoms. The van der Waals surface area contributed by atoms with Crippen LogP contribution >= 0.6 is 11.6 Å². The third-order valence-electron chi connectivity index (χ3n) is 3.93. The Kier molecular flexibility index (Phi) is 4.87. The van der Waals surface area contributed by atoms with Crippen LogP contribution in [0.4, 0.5) is 0 Å². The lowest BCUT2D eigenvalue weighted by Gasteiger charge is -2.32. The molecule has 1 aromatic carbocycles. The zero-order chi connectivity index (χ0) is 16.3. The number of carbonyl (C=O) groups is 1. The molecule has 0 bridgehead atoms. The maximum atomic E-state index is 12.3. The average molecular weight is 318 g/mol. The summed E-state index contributed by atoms with van der Waals surface area (Å²) in [6, 6.07) is 11.8. The number of nitrogens with zero attached hydrogens (tertiary/aromatic N) is 1. The van der Waals surface area contributed by atoms with E-state index in [1.54, 1.807) is 12.3 Å². The standard InChI is InChI=1S/C18H20ClNO2/c1-12-5-7-13(8-6-12)16(18(2,3)17(21)22-4)14-9-10-15(19)20-11-14/h5-11,16H,1-4H3. The van der Waals surface area contributed by atoms with Crippen LogP contribution in [-0.2, 0) is 9.53 Å². The summed E-state index contributed by atoms with van der Waals surface area (Å²) in [5.74, 6) is -0.418. The van der Waals surface area contributed by atoms with E-state index in [-0.39, 0.29) is 11.9 Å². The van der Waals surface area contributed by atoms with Crippen LogP contribution in [0.2, 0.25) is 5.15 Å². The summed E-state index contributed by atoms with van der Waals surface area (Å²) < 4.78 is 5.00. The van der Waals surface area contributed by atoms with E-state index < -0.39 is 5.41 Å². The Morgan fingerprint density at radius 1 is 1.14 bits per heavy atom. The fraction of sp³-hybridized carbons (Fsp3) is 0.333. The van der Waals surface area contributed by atoms with Crippen LogP contribution < -0.4 is 0 Å². The Morgan fingerprint density at radius 3 is 2.23 bits per heavy atom. The van der Waals surface area contributed by atoms with Gasteiger partial charge >= 0.3 is 5.97 Å². The van der Waals surface area contributed by atoms with Crippen molar-refractivity contribution in [3.05, 3.63) is 64.4 Å². The van der Waals surface area contributed by atoms with Crippen LogP contribution in [0, 0.1) is 12.3 Å². The number of ether oxygens (including phenoxy) is 1. The molecule has 1 atom stereocenters. The number of aryl methyl sites for hydroxylation is 1. The van der Waals surface area contributed by atoms with Gasteiger partial charge in [0.15, 0.2) is 0 Å². The summed E-state index contributed by atoms with van der Waals surface area (Å²) in [4.78, 5) is 16.4. The van der Waals surface area contributed by atoms with Crippen molar-refractivity contribution in [3.8, 4) is 0 Å². The SMILES string of the molecule is COC(=O)C(C)(C)C(c1ccc(C)cc1)c1ccc(Cl)nc1. The number of hydrogen-bond acceptors (Lipinski definition) is 3. The average Bonchev–Trinajstić information content (AvgIpc) is 2.50. The topological polar surface area (TPSA) is 39.2 Å². The molecule has 2 rings (SSSR count). The molecule has 2 aromatic rings. The third kappa shape index (κ3) is 3.30. The number of carbonyl (C=O) groups excluding carboxylic acids is 1. The van der Waals surface area contributed by atoms with Gasteiger partial charge < -0.3 is 4.74 Å². The van der Waals surface area contributed by atoms with Gasteiger partial charge in [-0.05, 0) is 38.0 Å². The molecule has 4 heteroatoms. The van der Waals surface area contributed by atoms with Crippen molar-refractivity contribution in [2.45, 2.75) is 26.7 Å². The molecule has 0 fully saturated rings. The predicted molar refractivity (Wildman–Crippen MR) is 88.1 cm³/mol.